The Bertz CT molecular complexity index is 2050. The summed E-state index contributed by atoms with van der Waals surface area (Å²) in [7, 11) is 0. The average Bonchev–Trinajstić information content (AvgIpc) is 2.92. The molecule has 15 heteroatoms. The topological polar surface area (TPSA) is 234 Å². The molecule has 1 atom stereocenters. The van der Waals surface area contributed by atoms with E-state index in [-0.39, 0.29) is 22.6 Å². The number of amides is 4. The molecule has 44 heavy (non-hydrogen) atoms. The smallest absolute Gasteiger partial charge is 0.335 e. The highest BCUT2D eigenvalue weighted by atomic mass is 16.3. The number of nitrogens with zero attached hydrogens (tertiary/aromatic N) is 1. The molecule has 1 aliphatic heterocycles. The minimum absolute atomic E-state index is 0.0358. The van der Waals surface area contributed by atoms with E-state index in [1.807, 2.05) is 10.3 Å². The second kappa shape index (κ2) is 10.8. The first-order valence-electron chi connectivity index (χ1n) is 12.8. The number of hydrogen-bond acceptors (Lipinski definition) is 10. The zero-order valence-corrected chi connectivity index (χ0v) is 22.8. The highest BCUT2D eigenvalue weighted by molar-refractivity contribution is 6.46. The summed E-state index contributed by atoms with van der Waals surface area (Å²) in [5, 5.41) is 28.8. The number of aromatic hydroxyl groups is 1. The maximum absolute atomic E-state index is 13.5. The fourth-order valence-electron chi connectivity index (χ4n) is 4.94. The summed E-state index contributed by atoms with van der Waals surface area (Å²) in [6, 6.07) is 11.2. The number of carbonyl (C=O) groups is 6. The third kappa shape index (κ3) is 4.87. The van der Waals surface area contributed by atoms with E-state index in [1.54, 1.807) is 0 Å². The molecule has 4 amide bonds. The maximum atomic E-state index is 13.5. The molecule has 222 valence electrons. The number of hydrogen-bond donors (Lipinski definition) is 6. The van der Waals surface area contributed by atoms with Crippen molar-refractivity contribution < 1.29 is 39.0 Å². The highest BCUT2D eigenvalue weighted by Crippen LogP contribution is 2.41. The Labute approximate surface area is 245 Å². The molecule has 1 fully saturated rings. The number of nitrogens with one attached hydrogen (secondary N) is 4. The van der Waals surface area contributed by atoms with Crippen LogP contribution in [-0.2, 0) is 28.8 Å². The van der Waals surface area contributed by atoms with Gasteiger partial charge in [0.05, 0.1) is 22.4 Å². The van der Waals surface area contributed by atoms with E-state index in [1.165, 1.54) is 62.4 Å². The van der Waals surface area contributed by atoms with E-state index < -0.39 is 86.3 Å². The molecule has 6 N–H and O–H groups in total. The number of H-pyrrole nitrogens is 1. The van der Waals surface area contributed by atoms with Crippen molar-refractivity contribution in [3.8, 4) is 11.6 Å². The van der Waals surface area contributed by atoms with Crippen LogP contribution in [0.4, 0.5) is 11.4 Å². The molecular weight excluding hydrogens is 578 g/mol. The lowest BCUT2D eigenvalue weighted by Crippen LogP contribution is -2.48. The number of aliphatic hydroxyl groups is 1. The van der Waals surface area contributed by atoms with Gasteiger partial charge in [0.15, 0.2) is 5.78 Å². The zero-order chi connectivity index (χ0) is 32.0. The number of imide groups is 1. The van der Waals surface area contributed by atoms with Crippen molar-refractivity contribution in [2.45, 2.75) is 19.8 Å². The van der Waals surface area contributed by atoms with Crippen molar-refractivity contribution in [3.05, 3.63) is 97.4 Å². The van der Waals surface area contributed by atoms with Crippen LogP contribution in [0, 0.1) is 0 Å². The Morgan fingerprint density at radius 3 is 2.05 bits per heavy atom. The number of anilines is 2. The molecule has 15 nitrogen and oxygen atoms in total. The molecule has 1 aromatic heterocycles. The zero-order valence-electron chi connectivity index (χ0n) is 22.8. The number of carbonyl (C=O) groups excluding carboxylic acids is 6. The van der Waals surface area contributed by atoms with E-state index in [9.17, 15) is 48.6 Å². The Morgan fingerprint density at radius 2 is 1.43 bits per heavy atom. The number of benzene rings is 2. The van der Waals surface area contributed by atoms with E-state index in [0.717, 1.165) is 0 Å². The first-order chi connectivity index (χ1) is 20.8. The standard InChI is InChI=1S/C29H21N5O10/c1-11(35)30-14-6-3-5-13(9-14)17-22(37)20(26(41)32-25(17)40)18-23(38)19(24(18)39)21-27(42)33-29(44)34(28(21)43)16-8-4-7-15(10-16)31-12(2)36/h3-10,17,38,43H,1-2H3,(H,30,35)(H,31,36)(H,32,40,41)(H,33,42,44)/b20-18+. The fourth-order valence-corrected chi connectivity index (χ4v) is 4.94. The van der Waals surface area contributed by atoms with Crippen molar-refractivity contribution in [1.82, 2.24) is 14.9 Å². The molecule has 3 aromatic rings. The van der Waals surface area contributed by atoms with Gasteiger partial charge < -0.3 is 20.8 Å². The van der Waals surface area contributed by atoms with E-state index in [4.69, 9.17) is 0 Å². The van der Waals surface area contributed by atoms with Crippen LogP contribution < -0.4 is 27.2 Å². The lowest BCUT2D eigenvalue weighted by Gasteiger charge is -2.28. The monoisotopic (exact) mass is 599 g/mol. The quantitative estimate of drug-likeness (QED) is 0.102. The van der Waals surface area contributed by atoms with Gasteiger partial charge in [0.2, 0.25) is 29.4 Å². The molecule has 2 heterocycles. The predicted molar refractivity (Wildman–Crippen MR) is 152 cm³/mol. The van der Waals surface area contributed by atoms with Gasteiger partial charge in [0.1, 0.15) is 17.2 Å². The highest BCUT2D eigenvalue weighted by Gasteiger charge is 2.48. The summed E-state index contributed by atoms with van der Waals surface area (Å²) in [5.41, 5.74) is -5.15. The second-order valence-electron chi connectivity index (χ2n) is 9.75. The first kappa shape index (κ1) is 29.1. The average molecular weight is 600 g/mol. The predicted octanol–water partition coefficient (Wildman–Crippen LogP) is 0.306. The van der Waals surface area contributed by atoms with Crippen molar-refractivity contribution in [1.29, 1.82) is 0 Å². The maximum Gasteiger partial charge on any atom is 0.335 e. The van der Waals surface area contributed by atoms with Crippen molar-refractivity contribution in [2.75, 3.05) is 10.6 Å². The summed E-state index contributed by atoms with van der Waals surface area (Å²) in [6.07, 6.45) is 0. The number of aromatic amines is 1. The Balaban J connectivity index is 1.62. The molecule has 1 saturated heterocycles. The summed E-state index contributed by atoms with van der Waals surface area (Å²) < 4.78 is 0.607. The van der Waals surface area contributed by atoms with Gasteiger partial charge in [-0.3, -0.25) is 43.9 Å². The van der Waals surface area contributed by atoms with Crippen LogP contribution >= 0.6 is 0 Å². The summed E-state index contributed by atoms with van der Waals surface area (Å²) in [5.74, 6) is -9.17. The third-order valence-electron chi connectivity index (χ3n) is 6.71. The van der Waals surface area contributed by atoms with Crippen LogP contribution in [-0.4, -0.2) is 55.0 Å². The van der Waals surface area contributed by atoms with Crippen molar-refractivity contribution in [3.63, 3.8) is 0 Å². The lowest BCUT2D eigenvalue weighted by molar-refractivity contribution is -0.137. The SMILES string of the molecule is CC(=O)Nc1cccc(C2C(=O)NC(=O)/C(=C3/C(=O)C(c4c(O)n(-c5cccc(NC(C)=O)c5)c(=O)[nH]c4=O)=C3O)C2=O)c1. The minimum atomic E-state index is -1.64. The molecular formula is C29H21N5O10. The molecule has 0 saturated carbocycles. The molecule has 1 unspecified atom stereocenters. The molecule has 2 aromatic carbocycles. The lowest BCUT2D eigenvalue weighted by atomic mass is 9.76. The Kier molecular flexibility index (Phi) is 7.14. The van der Waals surface area contributed by atoms with Gasteiger partial charge in [-0.1, -0.05) is 18.2 Å². The first-order valence-corrected chi connectivity index (χ1v) is 12.8. The molecule has 0 bridgehead atoms. The number of aliphatic hydroxyl groups excluding tert-OH is 1. The van der Waals surface area contributed by atoms with Crippen molar-refractivity contribution in [2.24, 2.45) is 0 Å². The summed E-state index contributed by atoms with van der Waals surface area (Å²) >= 11 is 0. The van der Waals surface area contributed by atoms with Gasteiger partial charge >= 0.3 is 5.69 Å². The number of piperidine rings is 1. The summed E-state index contributed by atoms with van der Waals surface area (Å²) in [6.45, 7) is 2.50. The fraction of sp³-hybridized carbons (Fsp3) is 0.103. The molecule has 1 aliphatic carbocycles. The number of Topliss-reactive ketones (excluding diaryl/α,β-unsaturated/α-hetero) is 2. The molecule has 5 rings (SSSR count). The van der Waals surface area contributed by atoms with E-state index in [2.05, 4.69) is 10.6 Å². The largest absolute Gasteiger partial charge is 0.506 e. The van der Waals surface area contributed by atoms with Gasteiger partial charge in [-0.05, 0) is 35.9 Å². The van der Waals surface area contributed by atoms with E-state index >= 15 is 0 Å². The van der Waals surface area contributed by atoms with Crippen LogP contribution in [0.15, 0.2) is 75.0 Å². The van der Waals surface area contributed by atoms with Gasteiger partial charge in [0, 0.05) is 25.2 Å². The van der Waals surface area contributed by atoms with Gasteiger partial charge in [-0.2, -0.15) is 0 Å². The van der Waals surface area contributed by atoms with Crippen LogP contribution in [0.25, 0.3) is 11.3 Å². The van der Waals surface area contributed by atoms with Crippen LogP contribution in [0.1, 0.15) is 30.9 Å². The van der Waals surface area contributed by atoms with Crippen LogP contribution in [0.5, 0.6) is 5.88 Å². The molecule has 2 aliphatic rings. The number of aromatic nitrogens is 2. The number of ketones is 2. The third-order valence-corrected chi connectivity index (χ3v) is 6.71. The van der Waals surface area contributed by atoms with Crippen molar-refractivity contribution >= 4 is 52.1 Å². The van der Waals surface area contributed by atoms with Crippen LogP contribution in [0.2, 0.25) is 0 Å². The Morgan fingerprint density at radius 1 is 0.818 bits per heavy atom. The number of rotatable bonds is 5. The van der Waals surface area contributed by atoms with Crippen LogP contribution in [0.3, 0.4) is 0 Å². The molecule has 0 radical (unpaired) electrons. The Hall–Kier alpha value is -6.38. The van der Waals surface area contributed by atoms with Gasteiger partial charge in [-0.25, -0.2) is 9.36 Å². The minimum Gasteiger partial charge on any atom is -0.506 e. The van der Waals surface area contributed by atoms with Gasteiger partial charge in [0.25, 0.3) is 11.5 Å². The normalized spacial score (nSPS) is 18.1. The van der Waals surface area contributed by atoms with E-state index in [0.29, 0.717) is 4.57 Å². The van der Waals surface area contributed by atoms with Gasteiger partial charge in [-0.15, -0.1) is 0 Å². The number of allylic oxidation sites excluding steroid dienone is 2. The second-order valence-corrected chi connectivity index (χ2v) is 9.75. The summed E-state index contributed by atoms with van der Waals surface area (Å²) in [4.78, 5) is 102. The molecule has 0 spiro atoms.